The molecule has 0 saturated carbocycles. The Bertz CT molecular complexity index is 1030. The van der Waals surface area contributed by atoms with Gasteiger partial charge in [0, 0.05) is 24.6 Å². The number of carbonyl (C=O) groups is 2. The Morgan fingerprint density at radius 2 is 1.82 bits per heavy atom. The topological polar surface area (TPSA) is 83.6 Å². The fraction of sp³-hybridized carbons (Fsp3) is 0.227. The number of carboxylic acids is 1. The van der Waals surface area contributed by atoms with Crippen LogP contribution in [0.3, 0.4) is 0 Å². The number of aromatic carboxylic acids is 1. The Hall–Kier alpha value is -3.41. The van der Waals surface area contributed by atoms with E-state index in [1.54, 1.807) is 24.0 Å². The lowest BCUT2D eigenvalue weighted by Crippen LogP contribution is -2.29. The molecule has 1 aromatic heterocycles. The number of hydrogen-bond acceptors (Lipinski definition) is 4. The third-order valence-electron chi connectivity index (χ3n) is 5.23. The summed E-state index contributed by atoms with van der Waals surface area (Å²) in [5.41, 5.74) is 2.91. The minimum absolute atomic E-state index is 0.00316. The molecule has 1 fully saturated rings. The van der Waals surface area contributed by atoms with Crippen LogP contribution in [-0.2, 0) is 0 Å². The van der Waals surface area contributed by atoms with Crippen molar-refractivity contribution in [3.8, 4) is 11.3 Å². The maximum absolute atomic E-state index is 13.2. The molecule has 28 heavy (non-hydrogen) atoms. The molecule has 0 unspecified atom stereocenters. The van der Waals surface area contributed by atoms with E-state index in [-0.39, 0.29) is 11.8 Å². The maximum Gasteiger partial charge on any atom is 0.335 e. The fourth-order valence-electron chi connectivity index (χ4n) is 3.82. The van der Waals surface area contributed by atoms with Gasteiger partial charge >= 0.3 is 5.97 Å². The van der Waals surface area contributed by atoms with Crippen LogP contribution in [0.2, 0.25) is 0 Å². The number of rotatable bonds is 4. The minimum Gasteiger partial charge on any atom is -0.478 e. The van der Waals surface area contributed by atoms with Gasteiger partial charge in [-0.15, -0.1) is 0 Å². The molecule has 1 aliphatic heterocycles. The SMILES string of the molecule is Cc1onc(-c2ccccc2)c1C(=O)N1CC[C@H](c2ccccc2C(=O)O)C1. The second-order valence-electron chi connectivity index (χ2n) is 6.96. The van der Waals surface area contributed by atoms with Crippen molar-refractivity contribution in [2.45, 2.75) is 19.3 Å². The summed E-state index contributed by atoms with van der Waals surface area (Å²) in [4.78, 5) is 26.5. The number of amides is 1. The molecular formula is C22H20N2O4. The van der Waals surface area contributed by atoms with E-state index < -0.39 is 5.97 Å². The number of aromatic nitrogens is 1. The van der Waals surface area contributed by atoms with E-state index in [0.717, 1.165) is 17.5 Å². The van der Waals surface area contributed by atoms with Gasteiger partial charge in [-0.1, -0.05) is 53.7 Å². The van der Waals surface area contributed by atoms with E-state index in [9.17, 15) is 14.7 Å². The van der Waals surface area contributed by atoms with Gasteiger partial charge in [0.1, 0.15) is 17.0 Å². The van der Waals surface area contributed by atoms with E-state index in [1.807, 2.05) is 42.5 Å². The van der Waals surface area contributed by atoms with Gasteiger partial charge in [0.2, 0.25) is 0 Å². The first kappa shape index (κ1) is 18.0. The second kappa shape index (κ2) is 7.31. The van der Waals surface area contributed by atoms with Crippen molar-refractivity contribution in [2.75, 3.05) is 13.1 Å². The van der Waals surface area contributed by atoms with Crippen molar-refractivity contribution in [1.29, 1.82) is 0 Å². The van der Waals surface area contributed by atoms with Crippen LogP contribution in [0.4, 0.5) is 0 Å². The van der Waals surface area contributed by atoms with E-state index >= 15 is 0 Å². The molecule has 6 heteroatoms. The quantitative estimate of drug-likeness (QED) is 0.745. The number of nitrogens with zero attached hydrogens (tertiary/aromatic N) is 2. The molecule has 1 N–H and O–H groups in total. The van der Waals surface area contributed by atoms with Gasteiger partial charge in [0.25, 0.3) is 5.91 Å². The molecule has 2 heterocycles. The first-order valence-corrected chi connectivity index (χ1v) is 9.19. The number of carbonyl (C=O) groups excluding carboxylic acids is 1. The second-order valence-corrected chi connectivity index (χ2v) is 6.96. The molecule has 1 amide bonds. The molecule has 0 radical (unpaired) electrons. The van der Waals surface area contributed by atoms with Crippen molar-refractivity contribution >= 4 is 11.9 Å². The monoisotopic (exact) mass is 376 g/mol. The van der Waals surface area contributed by atoms with Crippen molar-refractivity contribution in [3.05, 3.63) is 77.0 Å². The van der Waals surface area contributed by atoms with E-state index in [0.29, 0.717) is 35.7 Å². The molecule has 142 valence electrons. The Morgan fingerprint density at radius 1 is 1.11 bits per heavy atom. The Kier molecular flexibility index (Phi) is 4.69. The van der Waals surface area contributed by atoms with E-state index in [1.165, 1.54) is 0 Å². The zero-order valence-corrected chi connectivity index (χ0v) is 15.5. The van der Waals surface area contributed by atoms with E-state index in [2.05, 4.69) is 5.16 Å². The predicted molar refractivity (Wildman–Crippen MR) is 103 cm³/mol. The molecule has 0 spiro atoms. The molecule has 0 bridgehead atoms. The highest BCUT2D eigenvalue weighted by Crippen LogP contribution is 2.33. The van der Waals surface area contributed by atoms with Gasteiger partial charge in [0.15, 0.2) is 0 Å². The number of benzene rings is 2. The van der Waals surface area contributed by atoms with Crippen LogP contribution in [0.1, 0.15) is 44.4 Å². The number of likely N-dealkylation sites (tertiary alicyclic amines) is 1. The summed E-state index contributed by atoms with van der Waals surface area (Å²) < 4.78 is 5.32. The summed E-state index contributed by atoms with van der Waals surface area (Å²) in [6, 6.07) is 16.5. The highest BCUT2D eigenvalue weighted by molar-refractivity contribution is 6.01. The zero-order valence-electron chi connectivity index (χ0n) is 15.5. The predicted octanol–water partition coefficient (Wildman–Crippen LogP) is 3.98. The van der Waals surface area contributed by atoms with Gasteiger partial charge in [-0.2, -0.15) is 0 Å². The van der Waals surface area contributed by atoms with Crippen LogP contribution >= 0.6 is 0 Å². The van der Waals surface area contributed by atoms with Gasteiger partial charge in [0.05, 0.1) is 5.56 Å². The van der Waals surface area contributed by atoms with Crippen molar-refractivity contribution < 1.29 is 19.2 Å². The minimum atomic E-state index is -0.943. The Morgan fingerprint density at radius 3 is 2.57 bits per heavy atom. The zero-order chi connectivity index (χ0) is 19.7. The molecule has 1 atom stereocenters. The molecule has 0 aliphatic carbocycles. The van der Waals surface area contributed by atoms with Crippen LogP contribution in [0, 0.1) is 6.92 Å². The molecule has 3 aromatic rings. The fourth-order valence-corrected chi connectivity index (χ4v) is 3.82. The van der Waals surface area contributed by atoms with E-state index in [4.69, 9.17) is 4.52 Å². The normalized spacial score (nSPS) is 16.3. The smallest absolute Gasteiger partial charge is 0.335 e. The van der Waals surface area contributed by atoms with Crippen molar-refractivity contribution in [3.63, 3.8) is 0 Å². The maximum atomic E-state index is 13.2. The summed E-state index contributed by atoms with van der Waals surface area (Å²) >= 11 is 0. The average molecular weight is 376 g/mol. The molecule has 1 aliphatic rings. The lowest BCUT2D eigenvalue weighted by molar-refractivity contribution is 0.0695. The lowest BCUT2D eigenvalue weighted by Gasteiger charge is -2.17. The standard InChI is InChI=1S/C22H20N2O4/c1-14-19(20(23-28-14)15-7-3-2-4-8-15)21(25)24-12-11-16(13-24)17-9-5-6-10-18(17)22(26)27/h2-10,16H,11-13H2,1H3,(H,26,27)/t16-/m0/s1. The summed E-state index contributed by atoms with van der Waals surface area (Å²) in [7, 11) is 0. The van der Waals surface area contributed by atoms with Crippen LogP contribution in [0.15, 0.2) is 59.1 Å². The van der Waals surface area contributed by atoms with Gasteiger partial charge in [-0.25, -0.2) is 4.79 Å². The molecule has 4 rings (SSSR count). The Labute approximate surface area is 162 Å². The first-order chi connectivity index (χ1) is 13.6. The first-order valence-electron chi connectivity index (χ1n) is 9.19. The Balaban J connectivity index is 1.60. The molecule has 2 aromatic carbocycles. The average Bonchev–Trinajstić information content (AvgIpc) is 3.35. The number of hydrogen-bond donors (Lipinski definition) is 1. The van der Waals surface area contributed by atoms with Gasteiger partial charge in [-0.05, 0) is 25.0 Å². The van der Waals surface area contributed by atoms with Crippen molar-refractivity contribution in [1.82, 2.24) is 10.1 Å². The van der Waals surface area contributed by atoms with Gasteiger partial charge in [-0.3, -0.25) is 4.79 Å². The molecule has 6 nitrogen and oxygen atoms in total. The van der Waals surface area contributed by atoms with Crippen LogP contribution in [0.5, 0.6) is 0 Å². The summed E-state index contributed by atoms with van der Waals surface area (Å²) in [6.45, 7) is 2.78. The summed E-state index contributed by atoms with van der Waals surface area (Å²) in [5.74, 6) is -0.593. The van der Waals surface area contributed by atoms with Gasteiger partial charge < -0.3 is 14.5 Å². The highest BCUT2D eigenvalue weighted by Gasteiger charge is 2.33. The van der Waals surface area contributed by atoms with Crippen molar-refractivity contribution in [2.24, 2.45) is 0 Å². The molecule has 1 saturated heterocycles. The number of aryl methyl sites for hydroxylation is 1. The van der Waals surface area contributed by atoms with Crippen LogP contribution in [0.25, 0.3) is 11.3 Å². The summed E-state index contributed by atoms with van der Waals surface area (Å²) in [5, 5.41) is 13.5. The van der Waals surface area contributed by atoms with Crippen LogP contribution < -0.4 is 0 Å². The summed E-state index contributed by atoms with van der Waals surface area (Å²) in [6.07, 6.45) is 0.723. The lowest BCUT2D eigenvalue weighted by atomic mass is 9.93. The molecular weight excluding hydrogens is 356 g/mol. The van der Waals surface area contributed by atoms with Crippen LogP contribution in [-0.4, -0.2) is 40.1 Å². The third-order valence-corrected chi connectivity index (χ3v) is 5.23. The third kappa shape index (κ3) is 3.17. The largest absolute Gasteiger partial charge is 0.478 e. The number of carboxylic acid groups (broad SMARTS) is 1. The highest BCUT2D eigenvalue weighted by atomic mass is 16.5.